The molecule has 1 aliphatic rings. The Labute approximate surface area is 112 Å². The van der Waals surface area contributed by atoms with Gasteiger partial charge in [-0.3, -0.25) is 0 Å². The van der Waals surface area contributed by atoms with Gasteiger partial charge in [0.15, 0.2) is 0 Å². The number of hydrogen-bond acceptors (Lipinski definition) is 3. The smallest absolute Gasteiger partial charge is 0.0591 e. The van der Waals surface area contributed by atoms with Crippen LogP contribution in [0.4, 0.5) is 0 Å². The first-order valence-corrected chi connectivity index (χ1v) is 7.35. The quantitative estimate of drug-likeness (QED) is 0.481. The maximum Gasteiger partial charge on any atom is 0.0591 e. The third-order valence-corrected chi connectivity index (χ3v) is 3.52. The molecule has 3 nitrogen and oxygen atoms in total. The molecular formula is C15H29NO2. The molecule has 0 spiro atoms. The van der Waals surface area contributed by atoms with Crippen molar-refractivity contribution in [3.8, 4) is 0 Å². The van der Waals surface area contributed by atoms with Crippen LogP contribution < -0.4 is 5.32 Å². The molecule has 0 heterocycles. The molecule has 1 N–H and O–H groups in total. The van der Waals surface area contributed by atoms with Crippen LogP contribution in [-0.4, -0.2) is 39.5 Å². The lowest BCUT2D eigenvalue weighted by Crippen LogP contribution is -2.25. The lowest BCUT2D eigenvalue weighted by Gasteiger charge is -2.24. The van der Waals surface area contributed by atoms with Crippen LogP contribution in [0.25, 0.3) is 0 Å². The van der Waals surface area contributed by atoms with E-state index in [1.807, 2.05) is 6.92 Å². The molecule has 106 valence electrons. The molecule has 1 aliphatic carbocycles. The zero-order valence-electron chi connectivity index (χ0n) is 12.0. The maximum absolute atomic E-state index is 5.74. The first kappa shape index (κ1) is 15.7. The SMILES string of the molecule is CCOCCCNCCOCC1CC=CCC1C. The van der Waals surface area contributed by atoms with Crippen LogP contribution in [0.2, 0.25) is 0 Å². The standard InChI is InChI=1S/C15H29NO2/c1-3-17-11-6-9-16-10-12-18-13-15-8-5-4-7-14(15)2/h4-5,14-16H,3,6-13H2,1-2H3. The summed E-state index contributed by atoms with van der Waals surface area (Å²) in [6.07, 6.45) is 8.06. The van der Waals surface area contributed by atoms with E-state index < -0.39 is 0 Å². The van der Waals surface area contributed by atoms with E-state index in [1.165, 1.54) is 12.8 Å². The van der Waals surface area contributed by atoms with Gasteiger partial charge in [-0.2, -0.15) is 0 Å². The van der Waals surface area contributed by atoms with Gasteiger partial charge in [-0.05, 0) is 44.6 Å². The highest BCUT2D eigenvalue weighted by molar-refractivity contribution is 4.93. The van der Waals surface area contributed by atoms with E-state index in [1.54, 1.807) is 0 Å². The molecule has 0 aromatic rings. The molecule has 0 saturated carbocycles. The number of allylic oxidation sites excluding steroid dienone is 2. The Kier molecular flexibility index (Phi) is 9.17. The molecule has 0 amide bonds. The summed E-state index contributed by atoms with van der Waals surface area (Å²) in [6, 6.07) is 0. The zero-order chi connectivity index (χ0) is 13.1. The third-order valence-electron chi connectivity index (χ3n) is 3.52. The lowest BCUT2D eigenvalue weighted by molar-refractivity contribution is 0.0803. The summed E-state index contributed by atoms with van der Waals surface area (Å²) in [6.45, 7) is 9.72. The van der Waals surface area contributed by atoms with Gasteiger partial charge in [0, 0.05) is 19.8 Å². The topological polar surface area (TPSA) is 30.5 Å². The fourth-order valence-corrected chi connectivity index (χ4v) is 2.19. The van der Waals surface area contributed by atoms with Gasteiger partial charge in [-0.1, -0.05) is 19.1 Å². The van der Waals surface area contributed by atoms with Gasteiger partial charge in [0.1, 0.15) is 0 Å². The van der Waals surface area contributed by atoms with E-state index in [0.29, 0.717) is 5.92 Å². The van der Waals surface area contributed by atoms with Crippen LogP contribution in [-0.2, 0) is 9.47 Å². The highest BCUT2D eigenvalue weighted by atomic mass is 16.5. The number of ether oxygens (including phenoxy) is 2. The number of nitrogens with one attached hydrogen (secondary N) is 1. The molecule has 0 aromatic heterocycles. The van der Waals surface area contributed by atoms with E-state index in [-0.39, 0.29) is 0 Å². The molecule has 18 heavy (non-hydrogen) atoms. The van der Waals surface area contributed by atoms with Crippen molar-refractivity contribution >= 4 is 0 Å². The van der Waals surface area contributed by atoms with Crippen LogP contribution >= 0.6 is 0 Å². The summed E-state index contributed by atoms with van der Waals surface area (Å²) >= 11 is 0. The highest BCUT2D eigenvalue weighted by Crippen LogP contribution is 2.24. The Morgan fingerprint density at radius 3 is 2.72 bits per heavy atom. The molecule has 1 rings (SSSR count). The summed E-state index contributed by atoms with van der Waals surface area (Å²) in [7, 11) is 0. The van der Waals surface area contributed by atoms with Crippen molar-refractivity contribution in [1.29, 1.82) is 0 Å². The third kappa shape index (κ3) is 7.14. The van der Waals surface area contributed by atoms with Crippen LogP contribution in [0, 0.1) is 11.8 Å². The van der Waals surface area contributed by atoms with E-state index in [2.05, 4.69) is 24.4 Å². The summed E-state index contributed by atoms with van der Waals surface area (Å²) < 4.78 is 11.0. The normalized spacial score (nSPS) is 23.4. The second kappa shape index (κ2) is 10.5. The minimum atomic E-state index is 0.716. The Hall–Kier alpha value is -0.380. The van der Waals surface area contributed by atoms with Crippen LogP contribution in [0.15, 0.2) is 12.2 Å². The number of rotatable bonds is 10. The van der Waals surface area contributed by atoms with Crippen molar-refractivity contribution in [3.63, 3.8) is 0 Å². The fraction of sp³-hybridized carbons (Fsp3) is 0.867. The molecule has 2 unspecified atom stereocenters. The van der Waals surface area contributed by atoms with Gasteiger partial charge >= 0.3 is 0 Å². The lowest BCUT2D eigenvalue weighted by atomic mass is 9.85. The highest BCUT2D eigenvalue weighted by Gasteiger charge is 2.17. The van der Waals surface area contributed by atoms with Crippen molar-refractivity contribution in [2.75, 3.05) is 39.5 Å². The zero-order valence-corrected chi connectivity index (χ0v) is 12.0. The van der Waals surface area contributed by atoms with Crippen LogP contribution in [0.3, 0.4) is 0 Å². The molecule has 0 saturated heterocycles. The average molecular weight is 255 g/mol. The summed E-state index contributed by atoms with van der Waals surface area (Å²) in [5, 5.41) is 3.37. The van der Waals surface area contributed by atoms with Crippen molar-refractivity contribution in [2.24, 2.45) is 11.8 Å². The largest absolute Gasteiger partial charge is 0.382 e. The molecule has 0 bridgehead atoms. The summed E-state index contributed by atoms with van der Waals surface area (Å²) in [4.78, 5) is 0. The molecule has 0 aromatic carbocycles. The van der Waals surface area contributed by atoms with Crippen LogP contribution in [0.5, 0.6) is 0 Å². The van der Waals surface area contributed by atoms with Crippen molar-refractivity contribution in [3.05, 3.63) is 12.2 Å². The minimum Gasteiger partial charge on any atom is -0.382 e. The van der Waals surface area contributed by atoms with Crippen molar-refractivity contribution < 1.29 is 9.47 Å². The maximum atomic E-state index is 5.74. The van der Waals surface area contributed by atoms with Crippen LogP contribution in [0.1, 0.15) is 33.1 Å². The van der Waals surface area contributed by atoms with E-state index >= 15 is 0 Å². The molecule has 0 radical (unpaired) electrons. The molecule has 2 atom stereocenters. The van der Waals surface area contributed by atoms with Gasteiger partial charge in [0.05, 0.1) is 13.2 Å². The Morgan fingerprint density at radius 2 is 1.94 bits per heavy atom. The second-order valence-electron chi connectivity index (χ2n) is 5.06. The Balaban J connectivity index is 1.85. The summed E-state index contributed by atoms with van der Waals surface area (Å²) in [5.41, 5.74) is 0. The fourth-order valence-electron chi connectivity index (χ4n) is 2.19. The minimum absolute atomic E-state index is 0.716. The predicted octanol–water partition coefficient (Wildman–Crippen LogP) is 2.62. The van der Waals surface area contributed by atoms with Gasteiger partial charge in [0.25, 0.3) is 0 Å². The van der Waals surface area contributed by atoms with Gasteiger partial charge in [0.2, 0.25) is 0 Å². The predicted molar refractivity (Wildman–Crippen MR) is 75.8 cm³/mol. The van der Waals surface area contributed by atoms with E-state index in [9.17, 15) is 0 Å². The van der Waals surface area contributed by atoms with E-state index in [0.717, 1.165) is 51.9 Å². The Bertz CT molecular complexity index is 219. The first-order valence-electron chi connectivity index (χ1n) is 7.35. The monoisotopic (exact) mass is 255 g/mol. The van der Waals surface area contributed by atoms with E-state index in [4.69, 9.17) is 9.47 Å². The van der Waals surface area contributed by atoms with Crippen molar-refractivity contribution in [2.45, 2.75) is 33.1 Å². The molecular weight excluding hydrogens is 226 g/mol. The average Bonchev–Trinajstić information content (AvgIpc) is 2.39. The Morgan fingerprint density at radius 1 is 1.11 bits per heavy atom. The van der Waals surface area contributed by atoms with Gasteiger partial charge in [-0.15, -0.1) is 0 Å². The van der Waals surface area contributed by atoms with Gasteiger partial charge < -0.3 is 14.8 Å². The van der Waals surface area contributed by atoms with Crippen molar-refractivity contribution in [1.82, 2.24) is 5.32 Å². The molecule has 3 heteroatoms. The number of hydrogen-bond donors (Lipinski definition) is 1. The summed E-state index contributed by atoms with van der Waals surface area (Å²) in [5.74, 6) is 1.49. The molecule has 0 fully saturated rings. The van der Waals surface area contributed by atoms with Gasteiger partial charge in [-0.25, -0.2) is 0 Å². The first-order chi connectivity index (χ1) is 8.84. The molecule has 0 aliphatic heterocycles. The second-order valence-corrected chi connectivity index (χ2v) is 5.06.